The molecule has 1 saturated heterocycles. The molecule has 0 saturated carbocycles. The third-order valence-corrected chi connectivity index (χ3v) is 3.98. The van der Waals surface area contributed by atoms with Crippen molar-refractivity contribution >= 4 is 17.5 Å². The Hall–Kier alpha value is -2.08. The number of hydrogen-bond donors (Lipinski definition) is 2. The number of methoxy groups -OCH3 is 1. The summed E-state index contributed by atoms with van der Waals surface area (Å²) in [5.74, 6) is -0.0348. The normalized spacial score (nSPS) is 17.6. The number of ether oxygens (including phenoxy) is 2. The second-order valence-corrected chi connectivity index (χ2v) is 6.16. The van der Waals surface area contributed by atoms with Gasteiger partial charge in [-0.2, -0.15) is 0 Å². The Kier molecular flexibility index (Phi) is 5.60. The summed E-state index contributed by atoms with van der Waals surface area (Å²) in [4.78, 5) is 24.8. The van der Waals surface area contributed by atoms with E-state index in [-0.39, 0.29) is 17.9 Å². The fourth-order valence-electron chi connectivity index (χ4n) is 2.32. The van der Waals surface area contributed by atoms with E-state index in [0.29, 0.717) is 18.0 Å². The topological polar surface area (TPSA) is 76.7 Å². The first kappa shape index (κ1) is 17.3. The number of rotatable bonds is 6. The van der Waals surface area contributed by atoms with Crippen LogP contribution in [0.25, 0.3) is 0 Å². The van der Waals surface area contributed by atoms with E-state index < -0.39 is 5.41 Å². The van der Waals surface area contributed by atoms with E-state index in [0.717, 1.165) is 19.4 Å². The quantitative estimate of drug-likeness (QED) is 0.786. The van der Waals surface area contributed by atoms with Gasteiger partial charge in [-0.25, -0.2) is 0 Å². The average Bonchev–Trinajstić information content (AvgIpc) is 3.06. The van der Waals surface area contributed by atoms with Crippen molar-refractivity contribution < 1.29 is 19.1 Å². The molecule has 1 unspecified atom stereocenters. The van der Waals surface area contributed by atoms with Gasteiger partial charge in [0.15, 0.2) is 0 Å². The van der Waals surface area contributed by atoms with Crippen LogP contribution in [0, 0.1) is 5.41 Å². The fraction of sp³-hybridized carbons (Fsp3) is 0.529. The summed E-state index contributed by atoms with van der Waals surface area (Å²) in [5, 5.41) is 5.56. The Morgan fingerprint density at radius 1 is 1.35 bits per heavy atom. The van der Waals surface area contributed by atoms with E-state index in [1.54, 1.807) is 45.2 Å². The van der Waals surface area contributed by atoms with Gasteiger partial charge in [0.2, 0.25) is 11.8 Å². The van der Waals surface area contributed by atoms with Crippen LogP contribution >= 0.6 is 0 Å². The number of carbonyl (C=O) groups excluding carboxylic acids is 2. The summed E-state index contributed by atoms with van der Waals surface area (Å²) >= 11 is 0. The van der Waals surface area contributed by atoms with E-state index in [9.17, 15) is 9.59 Å². The van der Waals surface area contributed by atoms with Gasteiger partial charge in [0.25, 0.3) is 0 Å². The van der Waals surface area contributed by atoms with Crippen molar-refractivity contribution in [2.24, 2.45) is 5.41 Å². The molecule has 0 bridgehead atoms. The van der Waals surface area contributed by atoms with Gasteiger partial charge in [0.1, 0.15) is 11.2 Å². The number of benzene rings is 1. The molecule has 0 aromatic heterocycles. The summed E-state index contributed by atoms with van der Waals surface area (Å²) < 4.78 is 10.6. The second-order valence-electron chi connectivity index (χ2n) is 6.16. The maximum absolute atomic E-state index is 12.4. The third-order valence-electron chi connectivity index (χ3n) is 3.98. The zero-order valence-corrected chi connectivity index (χ0v) is 13.8. The Morgan fingerprint density at radius 3 is 2.78 bits per heavy atom. The number of carbonyl (C=O) groups is 2. The minimum Gasteiger partial charge on any atom is -0.497 e. The largest absolute Gasteiger partial charge is 0.497 e. The summed E-state index contributed by atoms with van der Waals surface area (Å²) in [7, 11) is 1.56. The molecule has 23 heavy (non-hydrogen) atoms. The van der Waals surface area contributed by atoms with Gasteiger partial charge in [-0.1, -0.05) is 6.07 Å². The molecule has 0 radical (unpaired) electrons. The summed E-state index contributed by atoms with van der Waals surface area (Å²) in [5.41, 5.74) is -0.587. The van der Waals surface area contributed by atoms with Gasteiger partial charge < -0.3 is 20.1 Å². The standard InChI is InChI=1S/C17H24N2O4/c1-17(2,15(20)18-11-14-8-5-9-23-14)16(21)19-12-6-4-7-13(10-12)22-3/h4,6-7,10,14H,5,8-9,11H2,1-3H3,(H,18,20)(H,19,21). The van der Waals surface area contributed by atoms with Crippen LogP contribution in [0.5, 0.6) is 5.75 Å². The fourth-order valence-corrected chi connectivity index (χ4v) is 2.32. The molecule has 2 amide bonds. The van der Waals surface area contributed by atoms with E-state index >= 15 is 0 Å². The van der Waals surface area contributed by atoms with Gasteiger partial charge in [-0.15, -0.1) is 0 Å². The molecule has 1 atom stereocenters. The molecule has 1 aromatic carbocycles. The van der Waals surface area contributed by atoms with Crippen LogP contribution in [0.15, 0.2) is 24.3 Å². The third kappa shape index (κ3) is 4.45. The summed E-state index contributed by atoms with van der Waals surface area (Å²) in [6.07, 6.45) is 2.01. The molecule has 0 spiro atoms. The highest BCUT2D eigenvalue weighted by Gasteiger charge is 2.36. The highest BCUT2D eigenvalue weighted by Crippen LogP contribution is 2.22. The van der Waals surface area contributed by atoms with Crippen molar-refractivity contribution in [3.05, 3.63) is 24.3 Å². The number of amides is 2. The Morgan fingerprint density at radius 2 is 2.13 bits per heavy atom. The van der Waals surface area contributed by atoms with Gasteiger partial charge in [-0.3, -0.25) is 9.59 Å². The minimum atomic E-state index is -1.18. The maximum atomic E-state index is 12.4. The Balaban J connectivity index is 1.93. The first-order valence-corrected chi connectivity index (χ1v) is 7.79. The van der Waals surface area contributed by atoms with Gasteiger partial charge in [-0.05, 0) is 38.8 Å². The molecule has 1 heterocycles. The van der Waals surface area contributed by atoms with Crippen molar-refractivity contribution in [1.82, 2.24) is 5.32 Å². The molecule has 0 aliphatic carbocycles. The van der Waals surface area contributed by atoms with Crippen LogP contribution in [-0.2, 0) is 14.3 Å². The Bertz CT molecular complexity index is 565. The molecule has 1 aromatic rings. The maximum Gasteiger partial charge on any atom is 0.239 e. The number of anilines is 1. The summed E-state index contributed by atoms with van der Waals surface area (Å²) in [6.45, 7) is 4.38. The van der Waals surface area contributed by atoms with Crippen LogP contribution in [0.4, 0.5) is 5.69 Å². The summed E-state index contributed by atoms with van der Waals surface area (Å²) in [6, 6.07) is 7.02. The van der Waals surface area contributed by atoms with E-state index in [4.69, 9.17) is 9.47 Å². The number of hydrogen-bond acceptors (Lipinski definition) is 4. The first-order valence-electron chi connectivity index (χ1n) is 7.79. The molecule has 6 nitrogen and oxygen atoms in total. The SMILES string of the molecule is COc1cccc(NC(=O)C(C)(C)C(=O)NCC2CCCO2)c1. The van der Waals surface area contributed by atoms with Crippen LogP contribution in [0.1, 0.15) is 26.7 Å². The zero-order valence-electron chi connectivity index (χ0n) is 13.8. The predicted molar refractivity (Wildman–Crippen MR) is 87.4 cm³/mol. The van der Waals surface area contributed by atoms with Crippen LogP contribution in [0.2, 0.25) is 0 Å². The van der Waals surface area contributed by atoms with Crippen molar-refractivity contribution in [3.8, 4) is 5.75 Å². The Labute approximate surface area is 136 Å². The van der Waals surface area contributed by atoms with Gasteiger partial charge in [0, 0.05) is 24.9 Å². The molecule has 2 N–H and O–H groups in total. The van der Waals surface area contributed by atoms with Crippen molar-refractivity contribution in [1.29, 1.82) is 0 Å². The molecular formula is C17H24N2O4. The zero-order chi connectivity index (χ0) is 16.9. The molecule has 6 heteroatoms. The van der Waals surface area contributed by atoms with Crippen molar-refractivity contribution in [3.63, 3.8) is 0 Å². The molecule has 1 aliphatic rings. The van der Waals surface area contributed by atoms with Crippen LogP contribution < -0.4 is 15.4 Å². The van der Waals surface area contributed by atoms with E-state index in [1.165, 1.54) is 0 Å². The lowest BCUT2D eigenvalue weighted by molar-refractivity contribution is -0.138. The molecular weight excluding hydrogens is 296 g/mol. The van der Waals surface area contributed by atoms with Gasteiger partial charge >= 0.3 is 0 Å². The lowest BCUT2D eigenvalue weighted by Crippen LogP contribution is -2.47. The molecule has 1 fully saturated rings. The lowest BCUT2D eigenvalue weighted by Gasteiger charge is -2.23. The second kappa shape index (κ2) is 7.46. The van der Waals surface area contributed by atoms with E-state index in [1.807, 2.05) is 0 Å². The first-order chi connectivity index (χ1) is 10.9. The average molecular weight is 320 g/mol. The minimum absolute atomic E-state index is 0.0520. The monoisotopic (exact) mass is 320 g/mol. The smallest absolute Gasteiger partial charge is 0.239 e. The number of nitrogens with one attached hydrogen (secondary N) is 2. The molecule has 126 valence electrons. The lowest BCUT2D eigenvalue weighted by atomic mass is 9.90. The van der Waals surface area contributed by atoms with E-state index in [2.05, 4.69) is 10.6 Å². The van der Waals surface area contributed by atoms with Crippen LogP contribution in [0.3, 0.4) is 0 Å². The van der Waals surface area contributed by atoms with Crippen molar-refractivity contribution in [2.75, 3.05) is 25.6 Å². The van der Waals surface area contributed by atoms with Crippen LogP contribution in [-0.4, -0.2) is 38.2 Å². The van der Waals surface area contributed by atoms with Gasteiger partial charge in [0.05, 0.1) is 13.2 Å². The van der Waals surface area contributed by atoms with Crippen molar-refractivity contribution in [2.45, 2.75) is 32.8 Å². The molecule has 2 rings (SSSR count). The molecule has 1 aliphatic heterocycles. The highest BCUT2D eigenvalue weighted by molar-refractivity contribution is 6.09. The highest BCUT2D eigenvalue weighted by atomic mass is 16.5. The predicted octanol–water partition coefficient (Wildman–Crippen LogP) is 1.96.